The first-order chi connectivity index (χ1) is 5.54. The van der Waals surface area contributed by atoms with Crippen LogP contribution in [0.2, 0.25) is 0 Å². The Kier molecular flexibility index (Phi) is 3.79. The minimum absolute atomic E-state index is 0.782. The Morgan fingerprint density at radius 1 is 1.46 bits per heavy atom. The molecular weight excluding hydrogens is 198 g/mol. The molecule has 1 atom stereocenters. The first-order valence-electron chi connectivity index (χ1n) is 3.77. The van der Waals surface area contributed by atoms with Gasteiger partial charge in [0.2, 0.25) is 0 Å². The quantitative estimate of drug-likeness (QED) is 0.687. The van der Waals surface area contributed by atoms with Crippen molar-refractivity contribution in [2.24, 2.45) is 5.41 Å². The van der Waals surface area contributed by atoms with Gasteiger partial charge >= 0.3 is 7.60 Å². The van der Waals surface area contributed by atoms with Gasteiger partial charge in [-0.3, -0.25) is 9.36 Å². The number of hydrogen-bond donors (Lipinski definition) is 2. The highest BCUT2D eigenvalue weighted by atomic mass is 31.2. The zero-order valence-corrected chi connectivity index (χ0v) is 8.71. The second-order valence-corrected chi connectivity index (χ2v) is 5.62. The van der Waals surface area contributed by atoms with Gasteiger partial charge in [-0.2, -0.15) is 0 Å². The molecule has 6 heteroatoms. The Morgan fingerprint density at radius 3 is 2.08 bits per heavy atom. The van der Waals surface area contributed by atoms with E-state index in [1.165, 1.54) is 20.8 Å². The molecule has 0 amide bonds. The third kappa shape index (κ3) is 5.13. The Labute approximate surface area is 76.3 Å². The molecule has 0 aliphatic carbocycles. The standard InChI is InChI=1S/C7H14FO4P/c1-7(2,3)6(9)5(8)4-13(10,11)12/h5H,4H2,1-3H3,(H2,10,11,12)/t5-/m0/s1. The van der Waals surface area contributed by atoms with E-state index in [-0.39, 0.29) is 0 Å². The molecule has 2 N–H and O–H groups in total. The van der Waals surface area contributed by atoms with Gasteiger partial charge in [-0.1, -0.05) is 20.8 Å². The Bertz CT molecular complexity index is 239. The summed E-state index contributed by atoms with van der Waals surface area (Å²) in [5, 5.41) is 0. The summed E-state index contributed by atoms with van der Waals surface area (Å²) in [6.07, 6.45) is -3.11. The van der Waals surface area contributed by atoms with Crippen molar-refractivity contribution in [1.29, 1.82) is 0 Å². The van der Waals surface area contributed by atoms with E-state index >= 15 is 0 Å². The zero-order valence-electron chi connectivity index (χ0n) is 7.82. The number of rotatable bonds is 3. The lowest BCUT2D eigenvalue weighted by Crippen LogP contribution is -2.31. The lowest BCUT2D eigenvalue weighted by atomic mass is 9.89. The maximum atomic E-state index is 12.9. The molecule has 0 heterocycles. The van der Waals surface area contributed by atoms with Gasteiger partial charge in [0.15, 0.2) is 12.0 Å². The average Bonchev–Trinajstić information content (AvgIpc) is 1.79. The van der Waals surface area contributed by atoms with Crippen LogP contribution >= 0.6 is 7.60 Å². The molecule has 0 aliphatic heterocycles. The third-order valence-electron chi connectivity index (χ3n) is 1.42. The van der Waals surface area contributed by atoms with Crippen molar-refractivity contribution in [3.05, 3.63) is 0 Å². The summed E-state index contributed by atoms with van der Waals surface area (Å²) < 4.78 is 23.3. The number of Topliss-reactive ketones (excluding diaryl/α,β-unsaturated/α-hetero) is 1. The fraction of sp³-hybridized carbons (Fsp3) is 0.857. The van der Waals surface area contributed by atoms with E-state index in [2.05, 4.69) is 0 Å². The molecule has 78 valence electrons. The second kappa shape index (κ2) is 3.86. The summed E-state index contributed by atoms with van der Waals surface area (Å²) in [4.78, 5) is 28.0. The van der Waals surface area contributed by atoms with E-state index in [0.717, 1.165) is 0 Å². The molecule has 0 radical (unpaired) electrons. The first-order valence-corrected chi connectivity index (χ1v) is 5.57. The minimum Gasteiger partial charge on any atom is -0.324 e. The Hall–Kier alpha value is -0.250. The van der Waals surface area contributed by atoms with Crippen LogP contribution in [0.1, 0.15) is 20.8 Å². The molecule has 13 heavy (non-hydrogen) atoms. The van der Waals surface area contributed by atoms with Crippen LogP contribution in [0.5, 0.6) is 0 Å². The van der Waals surface area contributed by atoms with Crippen LogP contribution in [0.25, 0.3) is 0 Å². The molecule has 0 aromatic heterocycles. The van der Waals surface area contributed by atoms with Crippen molar-refractivity contribution in [2.45, 2.75) is 26.9 Å². The molecule has 0 saturated carbocycles. The van der Waals surface area contributed by atoms with E-state index < -0.39 is 31.1 Å². The van der Waals surface area contributed by atoms with Crippen molar-refractivity contribution >= 4 is 13.4 Å². The van der Waals surface area contributed by atoms with Gasteiger partial charge in [0.05, 0.1) is 6.16 Å². The molecule has 0 saturated heterocycles. The van der Waals surface area contributed by atoms with Gasteiger partial charge in [0.25, 0.3) is 0 Å². The van der Waals surface area contributed by atoms with Gasteiger partial charge in [-0.15, -0.1) is 0 Å². The molecule has 0 spiro atoms. The highest BCUT2D eigenvalue weighted by molar-refractivity contribution is 7.51. The molecule has 0 bridgehead atoms. The largest absolute Gasteiger partial charge is 0.328 e. The van der Waals surface area contributed by atoms with Crippen molar-refractivity contribution in [3.63, 3.8) is 0 Å². The summed E-state index contributed by atoms with van der Waals surface area (Å²) in [6.45, 7) is 4.50. The maximum Gasteiger partial charge on any atom is 0.328 e. The van der Waals surface area contributed by atoms with Crippen LogP contribution < -0.4 is 0 Å². The lowest BCUT2D eigenvalue weighted by Gasteiger charge is -2.19. The van der Waals surface area contributed by atoms with Crippen LogP contribution in [0.3, 0.4) is 0 Å². The molecule has 0 unspecified atom stereocenters. The molecule has 0 rings (SSSR count). The predicted molar refractivity (Wildman–Crippen MR) is 46.3 cm³/mol. The highest BCUT2D eigenvalue weighted by Gasteiger charge is 2.33. The van der Waals surface area contributed by atoms with Crippen molar-refractivity contribution in [2.75, 3.05) is 6.16 Å². The number of halogens is 1. The summed E-state index contributed by atoms with van der Waals surface area (Å²) >= 11 is 0. The minimum atomic E-state index is -4.44. The molecule has 0 fully saturated rings. The summed E-state index contributed by atoms with van der Waals surface area (Å²) in [5.74, 6) is -0.782. The van der Waals surface area contributed by atoms with Crippen molar-refractivity contribution in [1.82, 2.24) is 0 Å². The van der Waals surface area contributed by atoms with Gasteiger partial charge in [0.1, 0.15) is 0 Å². The fourth-order valence-electron chi connectivity index (χ4n) is 0.762. The molecule has 0 aliphatic rings. The number of hydrogen-bond acceptors (Lipinski definition) is 2. The van der Waals surface area contributed by atoms with Crippen molar-refractivity contribution in [3.8, 4) is 0 Å². The number of carbonyl (C=O) groups is 1. The van der Waals surface area contributed by atoms with E-state index in [0.29, 0.717) is 0 Å². The number of ketones is 1. The van der Waals surface area contributed by atoms with Crippen LogP contribution in [0.15, 0.2) is 0 Å². The monoisotopic (exact) mass is 212 g/mol. The fourth-order valence-corrected chi connectivity index (χ4v) is 1.35. The lowest BCUT2D eigenvalue weighted by molar-refractivity contribution is -0.130. The summed E-state index contributed by atoms with van der Waals surface area (Å²) in [5.41, 5.74) is -0.908. The SMILES string of the molecule is CC(C)(C)C(=O)[C@@H](F)CP(=O)(O)O. The van der Waals surface area contributed by atoms with Crippen molar-refractivity contribution < 1.29 is 23.5 Å². The highest BCUT2D eigenvalue weighted by Crippen LogP contribution is 2.37. The van der Waals surface area contributed by atoms with E-state index in [1.54, 1.807) is 0 Å². The van der Waals surface area contributed by atoms with E-state index in [1.807, 2.05) is 0 Å². The zero-order chi connectivity index (χ0) is 10.9. The topological polar surface area (TPSA) is 74.6 Å². The Balaban J connectivity index is 4.38. The average molecular weight is 212 g/mol. The van der Waals surface area contributed by atoms with E-state index in [9.17, 15) is 13.8 Å². The Morgan fingerprint density at radius 2 is 1.85 bits per heavy atom. The van der Waals surface area contributed by atoms with Gasteiger partial charge in [0, 0.05) is 5.41 Å². The smallest absolute Gasteiger partial charge is 0.324 e. The third-order valence-corrected chi connectivity index (χ3v) is 2.22. The molecule has 0 aromatic rings. The van der Waals surface area contributed by atoms with Gasteiger partial charge in [-0.05, 0) is 0 Å². The van der Waals surface area contributed by atoms with Crippen LogP contribution in [-0.2, 0) is 9.36 Å². The van der Waals surface area contributed by atoms with Gasteiger partial charge < -0.3 is 9.79 Å². The number of alkyl halides is 1. The predicted octanol–water partition coefficient (Wildman–Crippen LogP) is 1.12. The molecular formula is C7H14FO4P. The molecule has 4 nitrogen and oxygen atoms in total. The number of carbonyl (C=O) groups excluding carboxylic acids is 1. The van der Waals surface area contributed by atoms with E-state index in [4.69, 9.17) is 9.79 Å². The normalized spacial score (nSPS) is 15.5. The first kappa shape index (κ1) is 12.8. The van der Waals surface area contributed by atoms with Crippen LogP contribution in [-0.4, -0.2) is 27.9 Å². The van der Waals surface area contributed by atoms with Gasteiger partial charge in [-0.25, -0.2) is 4.39 Å². The molecule has 0 aromatic carbocycles. The van der Waals surface area contributed by atoms with Crippen LogP contribution in [0.4, 0.5) is 4.39 Å². The summed E-state index contributed by atoms with van der Waals surface area (Å²) in [7, 11) is -4.44. The second-order valence-electron chi connectivity index (χ2n) is 3.93. The maximum absolute atomic E-state index is 12.9. The summed E-state index contributed by atoms with van der Waals surface area (Å²) in [6, 6.07) is 0. The van der Waals surface area contributed by atoms with Crippen LogP contribution in [0, 0.1) is 5.41 Å².